The SMILES string of the molecule is O=C(COC(=O)CCCC[C@H]1CCSS1)NCCc1c[nH]c2ccccc12. The van der Waals surface area contributed by atoms with E-state index in [0.717, 1.165) is 30.0 Å². The van der Waals surface area contributed by atoms with Gasteiger partial charge in [-0.25, -0.2) is 0 Å². The number of amides is 1. The van der Waals surface area contributed by atoms with Crippen LogP contribution in [0.2, 0.25) is 0 Å². The summed E-state index contributed by atoms with van der Waals surface area (Å²) in [6.45, 7) is 0.330. The predicted molar refractivity (Wildman–Crippen MR) is 113 cm³/mol. The number of hydrogen-bond donors (Lipinski definition) is 2. The Bertz CT molecular complexity index is 757. The molecule has 1 aliphatic heterocycles. The average molecular weight is 407 g/mol. The van der Waals surface area contributed by atoms with Crippen molar-refractivity contribution in [1.29, 1.82) is 0 Å². The first-order valence-corrected chi connectivity index (χ1v) is 11.9. The van der Waals surface area contributed by atoms with Crippen molar-refractivity contribution in [2.24, 2.45) is 0 Å². The molecule has 0 bridgehead atoms. The highest BCUT2D eigenvalue weighted by Crippen LogP contribution is 2.39. The van der Waals surface area contributed by atoms with Gasteiger partial charge in [-0.05, 0) is 37.3 Å². The van der Waals surface area contributed by atoms with E-state index in [-0.39, 0.29) is 18.5 Å². The number of H-pyrrole nitrogens is 1. The van der Waals surface area contributed by atoms with Crippen molar-refractivity contribution in [3.05, 3.63) is 36.0 Å². The molecule has 0 radical (unpaired) electrons. The molecule has 0 saturated carbocycles. The summed E-state index contributed by atoms with van der Waals surface area (Å²) in [5, 5.41) is 4.73. The Kier molecular flexibility index (Phi) is 7.95. The number of aromatic amines is 1. The third kappa shape index (κ3) is 6.50. The number of benzene rings is 1. The Morgan fingerprint density at radius 2 is 2.15 bits per heavy atom. The van der Waals surface area contributed by atoms with E-state index in [1.165, 1.54) is 29.5 Å². The minimum atomic E-state index is -0.282. The van der Waals surface area contributed by atoms with Crippen LogP contribution in [0.5, 0.6) is 0 Å². The number of carbonyl (C=O) groups excluding carboxylic acids is 2. The molecule has 2 aromatic rings. The number of carbonyl (C=O) groups is 2. The molecule has 2 heterocycles. The highest BCUT2D eigenvalue weighted by atomic mass is 33.1. The smallest absolute Gasteiger partial charge is 0.306 e. The average Bonchev–Trinajstić information content (AvgIpc) is 3.34. The van der Waals surface area contributed by atoms with Crippen molar-refractivity contribution in [3.8, 4) is 0 Å². The number of fused-ring (bicyclic) bond motifs is 1. The van der Waals surface area contributed by atoms with Gasteiger partial charge in [0.15, 0.2) is 6.61 Å². The molecule has 1 saturated heterocycles. The van der Waals surface area contributed by atoms with Gasteiger partial charge in [-0.3, -0.25) is 9.59 Å². The van der Waals surface area contributed by atoms with Crippen LogP contribution in [0.4, 0.5) is 0 Å². The quantitative estimate of drug-likeness (QED) is 0.353. The van der Waals surface area contributed by atoms with Crippen LogP contribution >= 0.6 is 21.6 Å². The van der Waals surface area contributed by atoms with E-state index >= 15 is 0 Å². The summed E-state index contributed by atoms with van der Waals surface area (Å²) >= 11 is 0. The Labute approximate surface area is 167 Å². The maximum absolute atomic E-state index is 11.8. The van der Waals surface area contributed by atoms with E-state index in [1.807, 2.05) is 46.0 Å². The molecule has 7 heteroatoms. The van der Waals surface area contributed by atoms with E-state index in [1.54, 1.807) is 0 Å². The molecule has 0 unspecified atom stereocenters. The number of nitrogens with one attached hydrogen (secondary N) is 2. The summed E-state index contributed by atoms with van der Waals surface area (Å²) in [4.78, 5) is 26.8. The fourth-order valence-electron chi connectivity index (χ4n) is 3.15. The fourth-order valence-corrected chi connectivity index (χ4v) is 6.18. The molecule has 1 aliphatic rings. The predicted octanol–water partition coefficient (Wildman–Crippen LogP) is 4.08. The van der Waals surface area contributed by atoms with Crippen LogP contribution < -0.4 is 5.32 Å². The third-order valence-electron chi connectivity index (χ3n) is 4.64. The number of esters is 1. The molecule has 1 atom stereocenters. The van der Waals surface area contributed by atoms with Crippen LogP contribution in [0.15, 0.2) is 30.5 Å². The van der Waals surface area contributed by atoms with Gasteiger partial charge in [-0.15, -0.1) is 0 Å². The molecule has 0 aliphatic carbocycles. The van der Waals surface area contributed by atoms with Crippen molar-refractivity contribution in [1.82, 2.24) is 10.3 Å². The molecule has 1 amide bonds. The number of ether oxygens (including phenoxy) is 1. The standard InChI is InChI=1S/C20H26N2O3S2/c23-19(14-25-20(24)8-4-1-5-16-10-12-26-27-16)21-11-9-15-13-22-18-7-3-2-6-17(15)18/h2-3,6-7,13,16,22H,1,4-5,8-12,14H2,(H,21,23)/t16-/m0/s1. The maximum Gasteiger partial charge on any atom is 0.306 e. The molecule has 27 heavy (non-hydrogen) atoms. The van der Waals surface area contributed by atoms with Gasteiger partial charge in [-0.2, -0.15) is 0 Å². The van der Waals surface area contributed by atoms with Gasteiger partial charge < -0.3 is 15.0 Å². The normalized spacial score (nSPS) is 16.5. The second-order valence-electron chi connectivity index (χ2n) is 6.69. The lowest BCUT2D eigenvalue weighted by atomic mass is 10.1. The first-order valence-electron chi connectivity index (χ1n) is 9.48. The van der Waals surface area contributed by atoms with Crippen molar-refractivity contribution in [3.63, 3.8) is 0 Å². The Morgan fingerprint density at radius 3 is 3.00 bits per heavy atom. The molecule has 0 spiro atoms. The van der Waals surface area contributed by atoms with Gasteiger partial charge in [-0.1, -0.05) is 46.2 Å². The zero-order chi connectivity index (χ0) is 18.9. The van der Waals surface area contributed by atoms with Crippen molar-refractivity contribution < 1.29 is 14.3 Å². The Morgan fingerprint density at radius 1 is 1.26 bits per heavy atom. The molecule has 1 aromatic heterocycles. The van der Waals surface area contributed by atoms with Gasteiger partial charge in [0.05, 0.1) is 0 Å². The lowest BCUT2D eigenvalue weighted by Gasteiger charge is -2.08. The Balaban J connectivity index is 1.25. The molecule has 3 rings (SSSR count). The van der Waals surface area contributed by atoms with E-state index in [2.05, 4.69) is 16.4 Å². The van der Waals surface area contributed by atoms with Gasteiger partial charge in [0.2, 0.25) is 0 Å². The van der Waals surface area contributed by atoms with Crippen molar-refractivity contribution in [2.75, 3.05) is 18.9 Å². The first-order chi connectivity index (χ1) is 13.2. The number of hydrogen-bond acceptors (Lipinski definition) is 5. The zero-order valence-corrected chi connectivity index (χ0v) is 17.0. The van der Waals surface area contributed by atoms with Crippen LogP contribution in [0, 0.1) is 0 Å². The third-order valence-corrected chi connectivity index (χ3v) is 7.65. The molecule has 2 N–H and O–H groups in total. The summed E-state index contributed by atoms with van der Waals surface area (Å²) in [6.07, 6.45) is 7.43. The van der Waals surface area contributed by atoms with Gasteiger partial charge in [0, 0.05) is 41.1 Å². The van der Waals surface area contributed by atoms with Crippen molar-refractivity contribution >= 4 is 44.4 Å². The minimum absolute atomic E-state index is 0.193. The van der Waals surface area contributed by atoms with Crippen LogP contribution in [0.1, 0.15) is 37.7 Å². The highest BCUT2D eigenvalue weighted by Gasteiger charge is 2.16. The fraction of sp³-hybridized carbons (Fsp3) is 0.500. The van der Waals surface area contributed by atoms with Crippen LogP contribution in [0.3, 0.4) is 0 Å². The van der Waals surface area contributed by atoms with E-state index in [9.17, 15) is 9.59 Å². The largest absolute Gasteiger partial charge is 0.456 e. The number of unbranched alkanes of at least 4 members (excludes halogenated alkanes) is 1. The lowest BCUT2D eigenvalue weighted by molar-refractivity contribution is -0.148. The number of para-hydroxylation sites is 1. The first kappa shape index (κ1) is 20.1. The van der Waals surface area contributed by atoms with Crippen LogP contribution in [0.25, 0.3) is 10.9 Å². The van der Waals surface area contributed by atoms with Gasteiger partial charge >= 0.3 is 5.97 Å². The van der Waals surface area contributed by atoms with Crippen LogP contribution in [-0.4, -0.2) is 41.0 Å². The summed E-state index contributed by atoms with van der Waals surface area (Å²) in [5.74, 6) is 0.713. The van der Waals surface area contributed by atoms with E-state index in [4.69, 9.17) is 4.74 Å². The zero-order valence-electron chi connectivity index (χ0n) is 15.4. The van der Waals surface area contributed by atoms with Crippen LogP contribution in [-0.2, 0) is 20.7 Å². The minimum Gasteiger partial charge on any atom is -0.456 e. The maximum atomic E-state index is 11.8. The summed E-state index contributed by atoms with van der Waals surface area (Å²) in [5.41, 5.74) is 2.26. The molecular formula is C20H26N2O3S2. The molecule has 5 nitrogen and oxygen atoms in total. The summed E-state index contributed by atoms with van der Waals surface area (Å²) in [6, 6.07) is 8.09. The molecular weight excluding hydrogens is 380 g/mol. The molecule has 1 fully saturated rings. The van der Waals surface area contributed by atoms with E-state index in [0.29, 0.717) is 13.0 Å². The number of rotatable bonds is 10. The van der Waals surface area contributed by atoms with Gasteiger partial charge in [0.25, 0.3) is 5.91 Å². The van der Waals surface area contributed by atoms with E-state index < -0.39 is 0 Å². The van der Waals surface area contributed by atoms with Crippen molar-refractivity contribution in [2.45, 2.75) is 43.8 Å². The summed E-state index contributed by atoms with van der Waals surface area (Å²) in [7, 11) is 3.91. The highest BCUT2D eigenvalue weighted by molar-refractivity contribution is 8.77. The summed E-state index contributed by atoms with van der Waals surface area (Å²) < 4.78 is 5.07. The second-order valence-corrected chi connectivity index (χ2v) is 9.48. The Hall–Kier alpha value is -1.60. The monoisotopic (exact) mass is 406 g/mol. The lowest BCUT2D eigenvalue weighted by Crippen LogP contribution is -2.30. The second kappa shape index (κ2) is 10.7. The topological polar surface area (TPSA) is 71.2 Å². The molecule has 1 aromatic carbocycles. The number of aromatic nitrogens is 1. The van der Waals surface area contributed by atoms with Gasteiger partial charge in [0.1, 0.15) is 0 Å². The molecule has 146 valence electrons.